The van der Waals surface area contributed by atoms with Crippen LogP contribution in [0.25, 0.3) is 0 Å². The lowest BCUT2D eigenvalue weighted by atomic mass is 10.2. The van der Waals surface area contributed by atoms with Crippen molar-refractivity contribution in [2.75, 3.05) is 13.2 Å². The zero-order valence-corrected chi connectivity index (χ0v) is 9.77. The van der Waals surface area contributed by atoms with Gasteiger partial charge in [-0.1, -0.05) is 5.16 Å². The smallest absolute Gasteiger partial charge is 0.292 e. The molecule has 88 valence electrons. The molecule has 2 atom stereocenters. The van der Waals surface area contributed by atoms with Gasteiger partial charge in [-0.3, -0.25) is 4.79 Å². The van der Waals surface area contributed by atoms with Gasteiger partial charge in [0.1, 0.15) is 0 Å². The quantitative estimate of drug-likeness (QED) is 0.720. The molecule has 0 spiro atoms. The third kappa shape index (κ3) is 2.09. The highest BCUT2D eigenvalue weighted by atomic mass is 16.5. The number of amides is 1. The molecule has 1 amide bonds. The molecule has 0 unspecified atom stereocenters. The van der Waals surface area contributed by atoms with Crippen LogP contribution in [0.5, 0.6) is 0 Å². The molecule has 0 radical (unpaired) electrons. The first kappa shape index (κ1) is 11.1. The van der Waals surface area contributed by atoms with Gasteiger partial charge in [-0.05, 0) is 20.8 Å². The maximum Gasteiger partial charge on any atom is 0.292 e. The molecule has 0 aliphatic carbocycles. The van der Waals surface area contributed by atoms with E-state index in [1.165, 1.54) is 0 Å². The first-order valence-corrected chi connectivity index (χ1v) is 5.44. The molecule has 2 heterocycles. The van der Waals surface area contributed by atoms with Gasteiger partial charge >= 0.3 is 0 Å². The number of morpholine rings is 1. The molecule has 1 aliphatic rings. The SMILES string of the molecule is Cc1cc(C(=O)N2C[C@@H](C)OC[C@H]2C)on1. The number of hydrogen-bond acceptors (Lipinski definition) is 4. The monoisotopic (exact) mass is 224 g/mol. The Bertz CT molecular complexity index is 388. The Morgan fingerprint density at radius 3 is 2.94 bits per heavy atom. The lowest BCUT2D eigenvalue weighted by Gasteiger charge is -2.36. The second-order valence-corrected chi connectivity index (χ2v) is 4.28. The summed E-state index contributed by atoms with van der Waals surface area (Å²) in [6.07, 6.45) is 0.0733. The van der Waals surface area contributed by atoms with Crippen molar-refractivity contribution in [1.82, 2.24) is 10.1 Å². The summed E-state index contributed by atoms with van der Waals surface area (Å²) < 4.78 is 10.5. The summed E-state index contributed by atoms with van der Waals surface area (Å²) in [5.74, 6) is 0.196. The highest BCUT2D eigenvalue weighted by Gasteiger charge is 2.30. The minimum Gasteiger partial charge on any atom is -0.375 e. The van der Waals surface area contributed by atoms with Crippen molar-refractivity contribution in [3.05, 3.63) is 17.5 Å². The summed E-state index contributed by atoms with van der Waals surface area (Å²) in [5, 5.41) is 3.72. The van der Waals surface area contributed by atoms with E-state index in [9.17, 15) is 4.79 Å². The van der Waals surface area contributed by atoms with Gasteiger partial charge in [0.05, 0.1) is 24.4 Å². The Morgan fingerprint density at radius 1 is 1.56 bits per heavy atom. The fourth-order valence-corrected chi connectivity index (χ4v) is 1.79. The van der Waals surface area contributed by atoms with Crippen LogP contribution in [0.1, 0.15) is 30.1 Å². The van der Waals surface area contributed by atoms with E-state index in [0.29, 0.717) is 18.9 Å². The summed E-state index contributed by atoms with van der Waals surface area (Å²) in [6.45, 7) is 6.89. The average Bonchev–Trinajstić information content (AvgIpc) is 2.67. The van der Waals surface area contributed by atoms with Crippen molar-refractivity contribution in [3.63, 3.8) is 0 Å². The van der Waals surface area contributed by atoms with Crippen molar-refractivity contribution >= 4 is 5.91 Å². The number of carbonyl (C=O) groups is 1. The Kier molecular flexibility index (Phi) is 2.96. The molecule has 16 heavy (non-hydrogen) atoms. The summed E-state index contributed by atoms with van der Waals surface area (Å²) >= 11 is 0. The first-order valence-electron chi connectivity index (χ1n) is 5.44. The normalized spacial score (nSPS) is 25.8. The number of aryl methyl sites for hydroxylation is 1. The van der Waals surface area contributed by atoms with E-state index in [2.05, 4.69) is 5.16 Å². The number of rotatable bonds is 1. The molecule has 5 heteroatoms. The largest absolute Gasteiger partial charge is 0.375 e. The number of carbonyl (C=O) groups excluding carboxylic acids is 1. The van der Waals surface area contributed by atoms with Gasteiger partial charge in [0.15, 0.2) is 0 Å². The molecule has 5 nitrogen and oxygen atoms in total. The van der Waals surface area contributed by atoms with Crippen molar-refractivity contribution < 1.29 is 14.1 Å². The van der Waals surface area contributed by atoms with Crippen molar-refractivity contribution in [2.45, 2.75) is 32.9 Å². The molecular formula is C11H16N2O3. The zero-order valence-electron chi connectivity index (χ0n) is 9.77. The van der Waals surface area contributed by atoms with Crippen molar-refractivity contribution in [1.29, 1.82) is 0 Å². The molecule has 0 N–H and O–H groups in total. The van der Waals surface area contributed by atoms with Crippen LogP contribution in [-0.2, 0) is 4.74 Å². The van der Waals surface area contributed by atoms with E-state index in [4.69, 9.17) is 9.26 Å². The topological polar surface area (TPSA) is 55.6 Å². The number of ether oxygens (including phenoxy) is 1. The fraction of sp³-hybridized carbons (Fsp3) is 0.636. The molecule has 1 saturated heterocycles. The van der Waals surface area contributed by atoms with Crippen LogP contribution in [0.3, 0.4) is 0 Å². The first-order chi connectivity index (χ1) is 7.58. The lowest BCUT2D eigenvalue weighted by Crippen LogP contribution is -2.50. The highest BCUT2D eigenvalue weighted by molar-refractivity contribution is 5.91. The third-order valence-corrected chi connectivity index (χ3v) is 2.71. The number of hydrogen-bond donors (Lipinski definition) is 0. The Balaban J connectivity index is 2.14. The van der Waals surface area contributed by atoms with Gasteiger partial charge in [-0.2, -0.15) is 0 Å². The second kappa shape index (κ2) is 4.25. The van der Waals surface area contributed by atoms with E-state index in [1.807, 2.05) is 13.8 Å². The van der Waals surface area contributed by atoms with Gasteiger partial charge in [-0.25, -0.2) is 0 Å². The van der Waals surface area contributed by atoms with Crippen LogP contribution in [0, 0.1) is 6.92 Å². The molecule has 1 aliphatic heterocycles. The number of aromatic nitrogens is 1. The standard InChI is InChI=1S/C11H16N2O3/c1-7-4-10(16-12-7)11(14)13-5-9(3)15-6-8(13)2/h4,8-9H,5-6H2,1-3H3/t8-,9-/m1/s1. The Labute approximate surface area is 94.3 Å². The van der Waals surface area contributed by atoms with Gasteiger partial charge in [0, 0.05) is 12.6 Å². The molecule has 0 aromatic carbocycles. The van der Waals surface area contributed by atoms with Crippen molar-refractivity contribution in [3.8, 4) is 0 Å². The summed E-state index contributed by atoms with van der Waals surface area (Å²) in [4.78, 5) is 13.9. The zero-order chi connectivity index (χ0) is 11.7. The maximum atomic E-state index is 12.1. The van der Waals surface area contributed by atoms with E-state index < -0.39 is 0 Å². The number of nitrogens with zero attached hydrogens (tertiary/aromatic N) is 2. The van der Waals surface area contributed by atoms with Crippen LogP contribution < -0.4 is 0 Å². The van der Waals surface area contributed by atoms with Crippen LogP contribution in [0.15, 0.2) is 10.6 Å². The fourth-order valence-electron chi connectivity index (χ4n) is 1.79. The molecule has 1 fully saturated rings. The molecule has 2 rings (SSSR count). The predicted octanol–water partition coefficient (Wildman–Crippen LogP) is 1.23. The Morgan fingerprint density at radius 2 is 2.31 bits per heavy atom. The predicted molar refractivity (Wildman–Crippen MR) is 57.2 cm³/mol. The van der Waals surface area contributed by atoms with E-state index in [1.54, 1.807) is 17.9 Å². The Hall–Kier alpha value is -1.36. The average molecular weight is 224 g/mol. The van der Waals surface area contributed by atoms with Crippen LogP contribution in [0.4, 0.5) is 0 Å². The summed E-state index contributed by atoms with van der Waals surface area (Å²) in [5.41, 5.74) is 0.720. The van der Waals surface area contributed by atoms with Gasteiger partial charge in [0.2, 0.25) is 5.76 Å². The molecule has 1 aromatic heterocycles. The highest BCUT2D eigenvalue weighted by Crippen LogP contribution is 2.15. The van der Waals surface area contributed by atoms with E-state index in [-0.39, 0.29) is 18.1 Å². The summed E-state index contributed by atoms with van der Waals surface area (Å²) in [6, 6.07) is 1.74. The summed E-state index contributed by atoms with van der Waals surface area (Å²) in [7, 11) is 0. The maximum absolute atomic E-state index is 12.1. The van der Waals surface area contributed by atoms with Crippen LogP contribution in [0.2, 0.25) is 0 Å². The van der Waals surface area contributed by atoms with Gasteiger partial charge < -0.3 is 14.2 Å². The second-order valence-electron chi connectivity index (χ2n) is 4.28. The van der Waals surface area contributed by atoms with Crippen LogP contribution >= 0.6 is 0 Å². The molecule has 0 bridgehead atoms. The minimum absolute atomic E-state index is 0.0733. The minimum atomic E-state index is -0.108. The van der Waals surface area contributed by atoms with E-state index in [0.717, 1.165) is 5.69 Å². The van der Waals surface area contributed by atoms with Crippen molar-refractivity contribution in [2.24, 2.45) is 0 Å². The van der Waals surface area contributed by atoms with E-state index >= 15 is 0 Å². The van der Waals surface area contributed by atoms with Crippen LogP contribution in [-0.4, -0.2) is 41.3 Å². The lowest BCUT2D eigenvalue weighted by molar-refractivity contribution is -0.0398. The molecule has 1 aromatic rings. The molecular weight excluding hydrogens is 208 g/mol. The van der Waals surface area contributed by atoms with Gasteiger partial charge in [0.25, 0.3) is 5.91 Å². The van der Waals surface area contributed by atoms with Gasteiger partial charge in [-0.15, -0.1) is 0 Å². The molecule has 0 saturated carbocycles. The third-order valence-electron chi connectivity index (χ3n) is 2.71.